The van der Waals surface area contributed by atoms with Gasteiger partial charge in [-0.05, 0) is 18.1 Å². The van der Waals surface area contributed by atoms with Crippen molar-refractivity contribution in [2.45, 2.75) is 32.5 Å². The highest BCUT2D eigenvalue weighted by Gasteiger charge is 2.34. The molecule has 0 aliphatic rings. The Kier molecular flexibility index (Phi) is 6.62. The number of carboxylic acids is 1. The predicted octanol–water partition coefficient (Wildman–Crippen LogP) is 3.35. The van der Waals surface area contributed by atoms with E-state index in [9.17, 15) is 22.8 Å². The monoisotopic (exact) mass is 346 g/mol. The summed E-state index contributed by atoms with van der Waals surface area (Å²) in [5, 5.41) is 11.2. The lowest BCUT2D eigenvalue weighted by Gasteiger charge is -2.26. The van der Waals surface area contributed by atoms with Crippen molar-refractivity contribution in [3.05, 3.63) is 35.4 Å². The van der Waals surface area contributed by atoms with E-state index >= 15 is 0 Å². The van der Waals surface area contributed by atoms with Crippen LogP contribution in [-0.2, 0) is 4.79 Å². The Morgan fingerprint density at radius 3 is 2.38 bits per heavy atom. The fraction of sp³-hybridized carbons (Fsp3) is 0.500. The molecule has 5 nitrogen and oxygen atoms in total. The van der Waals surface area contributed by atoms with E-state index in [4.69, 9.17) is 5.11 Å². The number of benzene rings is 1. The van der Waals surface area contributed by atoms with Crippen LogP contribution in [0.4, 0.5) is 18.0 Å². The van der Waals surface area contributed by atoms with Crippen LogP contribution in [0.25, 0.3) is 0 Å². The van der Waals surface area contributed by atoms with Crippen molar-refractivity contribution in [1.29, 1.82) is 0 Å². The van der Waals surface area contributed by atoms with Gasteiger partial charge in [-0.2, -0.15) is 13.2 Å². The Labute approximate surface area is 138 Å². The number of amides is 2. The predicted molar refractivity (Wildman–Crippen MR) is 82.6 cm³/mol. The van der Waals surface area contributed by atoms with E-state index in [0.29, 0.717) is 11.1 Å². The van der Waals surface area contributed by atoms with Crippen molar-refractivity contribution in [3.63, 3.8) is 0 Å². The van der Waals surface area contributed by atoms with Crippen molar-refractivity contribution in [2.75, 3.05) is 13.6 Å². The molecule has 0 spiro atoms. The molecule has 0 aliphatic heterocycles. The molecular formula is C16H21F3N2O3. The average molecular weight is 346 g/mol. The van der Waals surface area contributed by atoms with Crippen molar-refractivity contribution in [2.24, 2.45) is 5.92 Å². The van der Waals surface area contributed by atoms with Gasteiger partial charge >= 0.3 is 18.2 Å². The summed E-state index contributed by atoms with van der Waals surface area (Å²) in [5.74, 6) is -1.90. The van der Waals surface area contributed by atoms with Crippen LogP contribution in [0, 0.1) is 12.8 Å². The Morgan fingerprint density at radius 1 is 1.29 bits per heavy atom. The normalized spacial score (nSPS) is 13.9. The van der Waals surface area contributed by atoms with Gasteiger partial charge in [-0.3, -0.25) is 4.79 Å². The summed E-state index contributed by atoms with van der Waals surface area (Å²) < 4.78 is 38.5. The van der Waals surface area contributed by atoms with E-state index < -0.39 is 36.6 Å². The quantitative estimate of drug-likeness (QED) is 0.830. The zero-order valence-corrected chi connectivity index (χ0v) is 13.7. The number of carboxylic acid groups (broad SMARTS) is 1. The van der Waals surface area contributed by atoms with Crippen molar-refractivity contribution < 1.29 is 27.9 Å². The average Bonchev–Trinajstić information content (AvgIpc) is 2.45. The molecule has 0 bridgehead atoms. The number of carbonyl (C=O) groups is 2. The molecule has 0 radical (unpaired) electrons. The molecule has 8 heteroatoms. The minimum absolute atomic E-state index is 0.103. The van der Waals surface area contributed by atoms with Gasteiger partial charge in [0.1, 0.15) is 0 Å². The third kappa shape index (κ3) is 6.10. The summed E-state index contributed by atoms with van der Waals surface area (Å²) in [4.78, 5) is 24.0. The molecule has 0 fully saturated rings. The Balaban J connectivity index is 2.91. The van der Waals surface area contributed by atoms with Gasteiger partial charge in [0.05, 0.1) is 18.4 Å². The van der Waals surface area contributed by atoms with E-state index in [-0.39, 0.29) is 6.54 Å². The number of carbonyl (C=O) groups excluding carboxylic acids is 1. The molecule has 1 aromatic rings. The van der Waals surface area contributed by atoms with Crippen LogP contribution >= 0.6 is 0 Å². The fourth-order valence-electron chi connectivity index (χ4n) is 2.28. The van der Waals surface area contributed by atoms with E-state index in [0.717, 1.165) is 4.90 Å². The Hall–Kier alpha value is -2.25. The first-order valence-corrected chi connectivity index (χ1v) is 7.38. The molecule has 24 heavy (non-hydrogen) atoms. The summed E-state index contributed by atoms with van der Waals surface area (Å²) >= 11 is 0. The maximum atomic E-state index is 12.8. The number of nitrogens with zero attached hydrogens (tertiary/aromatic N) is 1. The summed E-state index contributed by atoms with van der Waals surface area (Å²) in [6.45, 7) is 2.98. The number of hydrogen-bond donors (Lipinski definition) is 2. The van der Waals surface area contributed by atoms with Crippen LogP contribution in [0.15, 0.2) is 24.3 Å². The number of hydrogen-bond acceptors (Lipinski definition) is 2. The Bertz CT molecular complexity index is 590. The smallest absolute Gasteiger partial charge is 0.391 e. The van der Waals surface area contributed by atoms with Crippen LogP contribution in [0.3, 0.4) is 0 Å². The lowest BCUT2D eigenvalue weighted by molar-refractivity contribution is -0.141. The second-order valence-electron chi connectivity index (χ2n) is 5.80. The van der Waals surface area contributed by atoms with Gasteiger partial charge in [-0.1, -0.05) is 31.2 Å². The standard InChI is InChI=1S/C16H21F3N2O3/c1-10-6-4-5-7-12(10)13(8-16(17,18)19)20-15(24)21(3)9-11(2)14(22)23/h4-7,11,13H,8-9H2,1-3H3,(H,20,24)(H,22,23). The highest BCUT2D eigenvalue weighted by Crippen LogP contribution is 2.31. The molecular weight excluding hydrogens is 325 g/mol. The Morgan fingerprint density at radius 2 is 1.88 bits per heavy atom. The van der Waals surface area contributed by atoms with Gasteiger partial charge < -0.3 is 15.3 Å². The van der Waals surface area contributed by atoms with E-state index in [1.807, 2.05) is 0 Å². The molecule has 0 aliphatic carbocycles. The van der Waals surface area contributed by atoms with Crippen LogP contribution in [-0.4, -0.2) is 41.8 Å². The van der Waals surface area contributed by atoms with Crippen LogP contribution in [0.1, 0.15) is 30.5 Å². The third-order valence-corrected chi connectivity index (χ3v) is 3.61. The second-order valence-corrected chi connectivity index (χ2v) is 5.80. The molecule has 0 saturated heterocycles. The van der Waals surface area contributed by atoms with Gasteiger partial charge in [0.25, 0.3) is 0 Å². The fourth-order valence-corrected chi connectivity index (χ4v) is 2.28. The van der Waals surface area contributed by atoms with Gasteiger partial charge in [0, 0.05) is 13.6 Å². The number of aryl methyl sites for hydroxylation is 1. The molecule has 0 heterocycles. The van der Waals surface area contributed by atoms with Crippen LogP contribution in [0.5, 0.6) is 0 Å². The maximum Gasteiger partial charge on any atom is 0.391 e. The first kappa shape index (κ1) is 19.8. The zero-order valence-electron chi connectivity index (χ0n) is 13.7. The van der Waals surface area contributed by atoms with E-state index in [2.05, 4.69) is 5.32 Å². The maximum absolute atomic E-state index is 12.8. The number of urea groups is 1. The van der Waals surface area contributed by atoms with Crippen molar-refractivity contribution in [1.82, 2.24) is 10.2 Å². The number of halogens is 3. The largest absolute Gasteiger partial charge is 0.481 e. The van der Waals surface area contributed by atoms with Crippen molar-refractivity contribution in [3.8, 4) is 0 Å². The lowest BCUT2D eigenvalue weighted by Crippen LogP contribution is -2.43. The van der Waals surface area contributed by atoms with E-state index in [1.165, 1.54) is 20.0 Å². The highest BCUT2D eigenvalue weighted by atomic mass is 19.4. The third-order valence-electron chi connectivity index (χ3n) is 3.61. The number of nitrogens with one attached hydrogen (secondary N) is 1. The molecule has 2 atom stereocenters. The zero-order chi connectivity index (χ0) is 18.5. The van der Waals surface area contributed by atoms with Crippen LogP contribution < -0.4 is 5.32 Å². The van der Waals surface area contributed by atoms with Gasteiger partial charge in [-0.15, -0.1) is 0 Å². The number of alkyl halides is 3. The molecule has 2 unspecified atom stereocenters. The summed E-state index contributed by atoms with van der Waals surface area (Å²) in [7, 11) is 1.34. The SMILES string of the molecule is Cc1ccccc1C(CC(F)(F)F)NC(=O)N(C)CC(C)C(=O)O. The number of rotatable bonds is 6. The molecule has 1 aromatic carbocycles. The first-order valence-electron chi connectivity index (χ1n) is 7.38. The molecule has 0 saturated carbocycles. The minimum atomic E-state index is -4.45. The topological polar surface area (TPSA) is 69.6 Å². The number of aliphatic carboxylic acids is 1. The van der Waals surface area contributed by atoms with Gasteiger partial charge in [0.2, 0.25) is 0 Å². The first-order chi connectivity index (χ1) is 11.0. The van der Waals surface area contributed by atoms with Gasteiger partial charge in [-0.25, -0.2) is 4.79 Å². The van der Waals surface area contributed by atoms with Gasteiger partial charge in [0.15, 0.2) is 0 Å². The molecule has 1 rings (SSSR count). The molecule has 134 valence electrons. The molecule has 0 aromatic heterocycles. The molecule has 2 N–H and O–H groups in total. The highest BCUT2D eigenvalue weighted by molar-refractivity contribution is 5.76. The van der Waals surface area contributed by atoms with Crippen LogP contribution in [0.2, 0.25) is 0 Å². The summed E-state index contributed by atoms with van der Waals surface area (Å²) in [6.07, 6.45) is -5.65. The van der Waals surface area contributed by atoms with E-state index in [1.54, 1.807) is 25.1 Å². The summed E-state index contributed by atoms with van der Waals surface area (Å²) in [5.41, 5.74) is 1.01. The summed E-state index contributed by atoms with van der Waals surface area (Å²) in [6, 6.07) is 4.52. The molecule has 2 amide bonds. The minimum Gasteiger partial charge on any atom is -0.481 e. The lowest BCUT2D eigenvalue weighted by atomic mass is 9.98. The second kappa shape index (κ2) is 8.03. The van der Waals surface area contributed by atoms with Crippen molar-refractivity contribution >= 4 is 12.0 Å².